The van der Waals surface area contributed by atoms with Crippen LogP contribution >= 0.6 is 39.1 Å². The van der Waals surface area contributed by atoms with E-state index in [-0.39, 0.29) is 20.9 Å². The van der Waals surface area contributed by atoms with Crippen molar-refractivity contribution in [3.8, 4) is 0 Å². The molecule has 0 fully saturated rings. The first-order valence-electron chi connectivity index (χ1n) is 5.26. The summed E-state index contributed by atoms with van der Waals surface area (Å²) in [5.74, 6) is 0. The number of aryl methyl sites for hydroxylation is 1. The Morgan fingerprint density at radius 2 is 1.80 bits per heavy atom. The lowest BCUT2D eigenvalue weighted by molar-refractivity contribution is 0.601. The zero-order valence-electron chi connectivity index (χ0n) is 10.1. The van der Waals surface area contributed by atoms with Gasteiger partial charge in [-0.25, -0.2) is 18.4 Å². The molecule has 0 unspecified atom stereocenters. The number of hydrogen-bond donors (Lipinski definition) is 1. The van der Waals surface area contributed by atoms with Crippen LogP contribution in [0.25, 0.3) is 0 Å². The molecule has 0 radical (unpaired) electrons. The van der Waals surface area contributed by atoms with Crippen molar-refractivity contribution in [3.63, 3.8) is 0 Å². The highest BCUT2D eigenvalue weighted by molar-refractivity contribution is 9.10. The first-order valence-corrected chi connectivity index (χ1v) is 8.29. The van der Waals surface area contributed by atoms with Crippen LogP contribution < -0.4 is 4.72 Å². The van der Waals surface area contributed by atoms with Crippen LogP contribution in [-0.2, 0) is 10.0 Å². The molecule has 0 spiro atoms. The smallest absolute Gasteiger partial charge is 0.262 e. The molecule has 2 aromatic rings. The van der Waals surface area contributed by atoms with Crippen molar-refractivity contribution < 1.29 is 8.42 Å². The lowest BCUT2D eigenvalue weighted by atomic mass is 10.2. The van der Waals surface area contributed by atoms with Crippen LogP contribution in [0.3, 0.4) is 0 Å². The average Bonchev–Trinajstić information content (AvgIpc) is 2.37. The predicted molar refractivity (Wildman–Crippen MR) is 81.7 cm³/mol. The minimum atomic E-state index is -3.82. The molecule has 0 saturated carbocycles. The Balaban J connectivity index is 2.43. The molecule has 9 heteroatoms. The Bertz CT molecular complexity index is 748. The molecule has 0 aliphatic carbocycles. The van der Waals surface area contributed by atoms with Gasteiger partial charge in [-0.3, -0.25) is 4.72 Å². The lowest BCUT2D eigenvalue weighted by Crippen LogP contribution is -2.14. The maximum Gasteiger partial charge on any atom is 0.262 e. The monoisotopic (exact) mass is 395 g/mol. The van der Waals surface area contributed by atoms with E-state index in [1.165, 1.54) is 12.1 Å². The number of hydrogen-bond acceptors (Lipinski definition) is 4. The highest BCUT2D eigenvalue weighted by Crippen LogP contribution is 2.29. The summed E-state index contributed by atoms with van der Waals surface area (Å²) in [7, 11) is -3.82. The van der Waals surface area contributed by atoms with Crippen molar-refractivity contribution in [1.29, 1.82) is 0 Å². The zero-order chi connectivity index (χ0) is 14.9. The molecule has 5 nitrogen and oxygen atoms in total. The number of aromatic nitrogens is 2. The van der Waals surface area contributed by atoms with Crippen molar-refractivity contribution in [2.75, 3.05) is 4.72 Å². The molecule has 1 N–H and O–H groups in total. The topological polar surface area (TPSA) is 72.0 Å². The normalized spacial score (nSPS) is 11.4. The molecule has 106 valence electrons. The van der Waals surface area contributed by atoms with E-state index in [0.29, 0.717) is 0 Å². The van der Waals surface area contributed by atoms with Crippen molar-refractivity contribution in [2.24, 2.45) is 0 Å². The van der Waals surface area contributed by atoms with Crippen molar-refractivity contribution in [2.45, 2.75) is 11.8 Å². The molecule has 0 amide bonds. The molecule has 1 aromatic carbocycles. The van der Waals surface area contributed by atoms with E-state index in [0.717, 1.165) is 16.4 Å². The maximum absolute atomic E-state index is 12.3. The number of nitrogens with one attached hydrogen (secondary N) is 1. The Kier molecular flexibility index (Phi) is 4.53. The molecule has 0 aliphatic rings. The minimum Gasteiger partial charge on any atom is -0.274 e. The van der Waals surface area contributed by atoms with Crippen LogP contribution in [0, 0.1) is 6.92 Å². The van der Waals surface area contributed by atoms with Gasteiger partial charge >= 0.3 is 0 Å². The molecule has 2 rings (SSSR count). The van der Waals surface area contributed by atoms with Gasteiger partial charge in [0, 0.05) is 4.47 Å². The van der Waals surface area contributed by atoms with Gasteiger partial charge < -0.3 is 0 Å². The van der Waals surface area contributed by atoms with Crippen LogP contribution in [-0.4, -0.2) is 18.4 Å². The third kappa shape index (κ3) is 3.22. The zero-order valence-corrected chi connectivity index (χ0v) is 14.0. The minimum absolute atomic E-state index is 0.0450. The number of rotatable bonds is 3. The largest absolute Gasteiger partial charge is 0.274 e. The van der Waals surface area contributed by atoms with Gasteiger partial charge in [0.25, 0.3) is 10.0 Å². The fourth-order valence-electron chi connectivity index (χ4n) is 1.41. The van der Waals surface area contributed by atoms with Gasteiger partial charge in [-0.15, -0.1) is 0 Å². The lowest BCUT2D eigenvalue weighted by Gasteiger charge is -2.10. The van der Waals surface area contributed by atoms with E-state index in [1.807, 2.05) is 0 Å². The van der Waals surface area contributed by atoms with Crippen molar-refractivity contribution in [1.82, 2.24) is 9.97 Å². The van der Waals surface area contributed by atoms with E-state index in [9.17, 15) is 8.42 Å². The standard InChI is InChI=1S/C11H8BrCl2N3O2S/c1-6-4-7(2-3-8(6)12)20(18,19)17-9-10(13)15-5-16-11(9)14/h2-5,17H,1H3. The van der Waals surface area contributed by atoms with E-state index in [2.05, 4.69) is 30.6 Å². The number of anilines is 1. The Morgan fingerprint density at radius 1 is 1.20 bits per heavy atom. The van der Waals surface area contributed by atoms with E-state index in [4.69, 9.17) is 23.2 Å². The average molecular weight is 397 g/mol. The number of sulfonamides is 1. The summed E-state index contributed by atoms with van der Waals surface area (Å²) in [6.45, 7) is 1.79. The SMILES string of the molecule is Cc1cc(S(=O)(=O)Nc2c(Cl)ncnc2Cl)ccc1Br. The van der Waals surface area contributed by atoms with Crippen LogP contribution in [0.1, 0.15) is 5.56 Å². The fourth-order valence-corrected chi connectivity index (χ4v) is 3.33. The van der Waals surface area contributed by atoms with Crippen LogP contribution in [0.2, 0.25) is 10.3 Å². The summed E-state index contributed by atoms with van der Waals surface area (Å²) < 4.78 is 27.6. The first kappa shape index (κ1) is 15.5. The van der Waals surface area contributed by atoms with Gasteiger partial charge in [0.2, 0.25) is 0 Å². The van der Waals surface area contributed by atoms with Gasteiger partial charge in [0.15, 0.2) is 10.3 Å². The second-order valence-electron chi connectivity index (χ2n) is 3.85. The van der Waals surface area contributed by atoms with Gasteiger partial charge in [0.05, 0.1) is 4.90 Å². The van der Waals surface area contributed by atoms with Crippen LogP contribution in [0.4, 0.5) is 5.69 Å². The molecule has 0 aliphatic heterocycles. The third-order valence-corrected chi connectivity index (χ3v) is 5.24. The van der Waals surface area contributed by atoms with E-state index < -0.39 is 10.0 Å². The Labute approximate surface area is 134 Å². The van der Waals surface area contributed by atoms with E-state index >= 15 is 0 Å². The predicted octanol–water partition coefficient (Wildman–Crippen LogP) is 3.66. The summed E-state index contributed by atoms with van der Waals surface area (Å²) >= 11 is 14.9. The second-order valence-corrected chi connectivity index (χ2v) is 7.10. The summed E-state index contributed by atoms with van der Waals surface area (Å²) in [4.78, 5) is 7.46. The highest BCUT2D eigenvalue weighted by atomic mass is 79.9. The quantitative estimate of drug-likeness (QED) is 0.803. The summed E-state index contributed by atoms with van der Waals surface area (Å²) in [5.41, 5.74) is 0.741. The summed E-state index contributed by atoms with van der Waals surface area (Å²) in [6.07, 6.45) is 1.15. The summed E-state index contributed by atoms with van der Waals surface area (Å²) in [6, 6.07) is 4.64. The molecule has 1 heterocycles. The highest BCUT2D eigenvalue weighted by Gasteiger charge is 2.19. The molecule has 20 heavy (non-hydrogen) atoms. The Morgan fingerprint density at radius 3 is 2.35 bits per heavy atom. The number of benzene rings is 1. The van der Waals surface area contributed by atoms with Crippen molar-refractivity contribution in [3.05, 3.63) is 44.9 Å². The van der Waals surface area contributed by atoms with Gasteiger partial charge in [-0.1, -0.05) is 39.1 Å². The molecular weight excluding hydrogens is 389 g/mol. The maximum atomic E-state index is 12.3. The molecule has 0 bridgehead atoms. The summed E-state index contributed by atoms with van der Waals surface area (Å²) in [5, 5.41) is -0.134. The van der Waals surface area contributed by atoms with Gasteiger partial charge in [-0.2, -0.15) is 0 Å². The third-order valence-electron chi connectivity index (χ3n) is 2.43. The van der Waals surface area contributed by atoms with Gasteiger partial charge in [0.1, 0.15) is 12.0 Å². The second kappa shape index (κ2) is 5.85. The molecule has 0 atom stereocenters. The van der Waals surface area contributed by atoms with Crippen LogP contribution in [0.15, 0.2) is 33.9 Å². The van der Waals surface area contributed by atoms with E-state index in [1.54, 1.807) is 13.0 Å². The van der Waals surface area contributed by atoms with Crippen LogP contribution in [0.5, 0.6) is 0 Å². The van der Waals surface area contributed by atoms with Crippen molar-refractivity contribution >= 4 is 54.8 Å². The fraction of sp³-hybridized carbons (Fsp3) is 0.0909. The Hall–Kier alpha value is -0.890. The number of nitrogens with zero attached hydrogens (tertiary/aromatic N) is 2. The van der Waals surface area contributed by atoms with Gasteiger partial charge in [-0.05, 0) is 30.7 Å². The first-order chi connectivity index (χ1) is 9.31. The molecular formula is C11H8BrCl2N3O2S. The number of halogens is 3. The molecule has 1 aromatic heterocycles. The molecule has 0 saturated heterocycles.